The molecule has 0 saturated heterocycles. The molecule has 0 unspecified atom stereocenters. The van der Waals surface area contributed by atoms with Crippen LogP contribution in [-0.2, 0) is 9.53 Å². The van der Waals surface area contributed by atoms with E-state index in [1.807, 2.05) is 25.1 Å². The molecule has 0 radical (unpaired) electrons. The maximum atomic E-state index is 11.1. The van der Waals surface area contributed by atoms with E-state index >= 15 is 0 Å². The number of carbonyl (C=O) groups is 1. The molecule has 0 aromatic heterocycles. The maximum absolute atomic E-state index is 11.1. The third kappa shape index (κ3) is 2.53. The molecule has 0 aliphatic rings. The van der Waals surface area contributed by atoms with E-state index in [9.17, 15) is 4.79 Å². The molecule has 4 heteroatoms. The van der Waals surface area contributed by atoms with Gasteiger partial charge in [0.15, 0.2) is 0 Å². The first kappa shape index (κ1) is 12.1. The molecular weight excluding hydrogens is 206 g/mol. The summed E-state index contributed by atoms with van der Waals surface area (Å²) in [6.07, 6.45) is 1.54. The van der Waals surface area contributed by atoms with E-state index < -0.39 is 5.97 Å². The molecule has 1 rings (SSSR count). The van der Waals surface area contributed by atoms with E-state index in [-0.39, 0.29) is 5.70 Å². The van der Waals surface area contributed by atoms with E-state index in [0.717, 1.165) is 11.1 Å². The number of esters is 1. The molecule has 86 valence electrons. The van der Waals surface area contributed by atoms with Gasteiger partial charge in [-0.25, -0.2) is 4.79 Å². The summed E-state index contributed by atoms with van der Waals surface area (Å²) in [5.41, 5.74) is 7.35. The van der Waals surface area contributed by atoms with Gasteiger partial charge in [-0.2, -0.15) is 0 Å². The predicted molar refractivity (Wildman–Crippen MR) is 61.9 cm³/mol. The van der Waals surface area contributed by atoms with Gasteiger partial charge >= 0.3 is 5.97 Å². The lowest BCUT2D eigenvalue weighted by molar-refractivity contribution is -0.136. The lowest BCUT2D eigenvalue weighted by Crippen LogP contribution is -2.12. The van der Waals surface area contributed by atoms with Gasteiger partial charge in [0, 0.05) is 5.56 Å². The Bertz CT molecular complexity index is 424. The first-order chi connectivity index (χ1) is 7.60. The molecule has 0 aliphatic carbocycles. The van der Waals surface area contributed by atoms with Crippen LogP contribution in [0.2, 0.25) is 0 Å². The Kier molecular flexibility index (Phi) is 3.94. The summed E-state index contributed by atoms with van der Waals surface area (Å²) in [6.45, 7) is 1.92. The standard InChI is InChI=1S/C12H15NO3/c1-8-5-4-6-9(11(8)15-2)7-10(13)12(14)16-3/h4-7H,13H2,1-3H3/b10-7-. The lowest BCUT2D eigenvalue weighted by atomic mass is 10.1. The van der Waals surface area contributed by atoms with E-state index in [0.29, 0.717) is 5.75 Å². The molecule has 0 aliphatic heterocycles. The highest BCUT2D eigenvalue weighted by Gasteiger charge is 2.08. The van der Waals surface area contributed by atoms with Crippen molar-refractivity contribution in [3.8, 4) is 5.75 Å². The van der Waals surface area contributed by atoms with Crippen molar-refractivity contribution < 1.29 is 14.3 Å². The summed E-state index contributed by atoms with van der Waals surface area (Å²) in [7, 11) is 2.87. The van der Waals surface area contributed by atoms with Crippen LogP contribution in [0.5, 0.6) is 5.75 Å². The van der Waals surface area contributed by atoms with Gasteiger partial charge < -0.3 is 15.2 Å². The summed E-state index contributed by atoms with van der Waals surface area (Å²) in [5, 5.41) is 0. The average Bonchev–Trinajstić information content (AvgIpc) is 2.28. The number of carbonyl (C=O) groups excluding carboxylic acids is 1. The molecule has 0 fully saturated rings. The summed E-state index contributed by atoms with van der Waals surface area (Å²) in [5.74, 6) is 0.151. The van der Waals surface area contributed by atoms with Crippen LogP contribution in [0.3, 0.4) is 0 Å². The molecule has 0 bridgehead atoms. The molecule has 0 amide bonds. The number of para-hydroxylation sites is 1. The number of hydrogen-bond donors (Lipinski definition) is 1. The third-order valence-electron chi connectivity index (χ3n) is 2.18. The highest BCUT2D eigenvalue weighted by Crippen LogP contribution is 2.24. The molecule has 1 aromatic carbocycles. The Morgan fingerprint density at radius 2 is 2.06 bits per heavy atom. The van der Waals surface area contributed by atoms with Crippen molar-refractivity contribution in [3.63, 3.8) is 0 Å². The van der Waals surface area contributed by atoms with Crippen LogP contribution in [0.4, 0.5) is 0 Å². The molecule has 0 atom stereocenters. The number of benzene rings is 1. The average molecular weight is 221 g/mol. The molecule has 0 saturated carbocycles. The fourth-order valence-electron chi connectivity index (χ4n) is 1.41. The largest absolute Gasteiger partial charge is 0.496 e. The van der Waals surface area contributed by atoms with E-state index in [4.69, 9.17) is 10.5 Å². The SMILES string of the molecule is COC(=O)/C(N)=C/c1cccc(C)c1OC. The van der Waals surface area contributed by atoms with Crippen LogP contribution < -0.4 is 10.5 Å². The fraction of sp³-hybridized carbons (Fsp3) is 0.250. The van der Waals surface area contributed by atoms with Crippen molar-refractivity contribution in [1.82, 2.24) is 0 Å². The number of aryl methyl sites for hydroxylation is 1. The normalized spacial score (nSPS) is 11.1. The first-order valence-electron chi connectivity index (χ1n) is 4.79. The van der Waals surface area contributed by atoms with E-state index in [1.54, 1.807) is 7.11 Å². The zero-order chi connectivity index (χ0) is 12.1. The second-order valence-corrected chi connectivity index (χ2v) is 3.29. The highest BCUT2D eigenvalue weighted by atomic mass is 16.5. The predicted octanol–water partition coefficient (Wildman–Crippen LogP) is 1.48. The van der Waals surface area contributed by atoms with Crippen molar-refractivity contribution >= 4 is 12.0 Å². The van der Waals surface area contributed by atoms with Crippen LogP contribution in [0.1, 0.15) is 11.1 Å². The van der Waals surface area contributed by atoms with Crippen molar-refractivity contribution in [3.05, 3.63) is 35.0 Å². The topological polar surface area (TPSA) is 61.5 Å². The van der Waals surface area contributed by atoms with Crippen molar-refractivity contribution in [2.75, 3.05) is 14.2 Å². The van der Waals surface area contributed by atoms with Crippen molar-refractivity contribution in [1.29, 1.82) is 0 Å². The second-order valence-electron chi connectivity index (χ2n) is 3.29. The fourth-order valence-corrected chi connectivity index (χ4v) is 1.41. The molecule has 16 heavy (non-hydrogen) atoms. The number of ether oxygens (including phenoxy) is 2. The van der Waals surface area contributed by atoms with Gasteiger partial charge in [-0.1, -0.05) is 18.2 Å². The number of rotatable bonds is 3. The zero-order valence-corrected chi connectivity index (χ0v) is 9.61. The zero-order valence-electron chi connectivity index (χ0n) is 9.61. The minimum atomic E-state index is -0.552. The monoisotopic (exact) mass is 221 g/mol. The van der Waals surface area contributed by atoms with Crippen LogP contribution in [0.15, 0.2) is 23.9 Å². The van der Waals surface area contributed by atoms with Gasteiger partial charge in [0.05, 0.1) is 14.2 Å². The Morgan fingerprint density at radius 1 is 1.38 bits per heavy atom. The smallest absolute Gasteiger partial charge is 0.353 e. The van der Waals surface area contributed by atoms with Gasteiger partial charge in [0.1, 0.15) is 11.4 Å². The number of methoxy groups -OCH3 is 2. The third-order valence-corrected chi connectivity index (χ3v) is 2.18. The summed E-state index contributed by atoms with van der Waals surface area (Å²) in [4.78, 5) is 11.1. The molecule has 2 N–H and O–H groups in total. The maximum Gasteiger partial charge on any atom is 0.353 e. The highest BCUT2D eigenvalue weighted by molar-refractivity contribution is 5.93. The van der Waals surface area contributed by atoms with Crippen molar-refractivity contribution in [2.24, 2.45) is 5.73 Å². The molecule has 0 spiro atoms. The Labute approximate surface area is 94.7 Å². The van der Waals surface area contributed by atoms with E-state index in [1.165, 1.54) is 13.2 Å². The van der Waals surface area contributed by atoms with Gasteiger partial charge in [0.25, 0.3) is 0 Å². The second kappa shape index (κ2) is 5.21. The summed E-state index contributed by atoms with van der Waals surface area (Å²) in [6, 6.07) is 5.61. The minimum absolute atomic E-state index is 0.0476. The van der Waals surface area contributed by atoms with Crippen LogP contribution in [0.25, 0.3) is 6.08 Å². The first-order valence-corrected chi connectivity index (χ1v) is 4.79. The summed E-state index contributed by atoms with van der Waals surface area (Å²) >= 11 is 0. The van der Waals surface area contributed by atoms with Gasteiger partial charge in [0.2, 0.25) is 0 Å². The Balaban J connectivity index is 3.14. The van der Waals surface area contributed by atoms with Crippen LogP contribution in [-0.4, -0.2) is 20.2 Å². The van der Waals surface area contributed by atoms with Gasteiger partial charge in [-0.05, 0) is 18.6 Å². The molecule has 0 heterocycles. The molecular formula is C12H15NO3. The lowest BCUT2D eigenvalue weighted by Gasteiger charge is -2.08. The summed E-state index contributed by atoms with van der Waals surface area (Å²) < 4.78 is 9.75. The number of nitrogens with two attached hydrogens (primary N) is 1. The van der Waals surface area contributed by atoms with Gasteiger partial charge in [-0.15, -0.1) is 0 Å². The molecule has 4 nitrogen and oxygen atoms in total. The number of hydrogen-bond acceptors (Lipinski definition) is 4. The van der Waals surface area contributed by atoms with Crippen LogP contribution >= 0.6 is 0 Å². The van der Waals surface area contributed by atoms with Crippen molar-refractivity contribution in [2.45, 2.75) is 6.92 Å². The van der Waals surface area contributed by atoms with Crippen LogP contribution in [0, 0.1) is 6.92 Å². The Morgan fingerprint density at radius 3 is 2.62 bits per heavy atom. The van der Waals surface area contributed by atoms with E-state index in [2.05, 4.69) is 4.74 Å². The molecule has 1 aromatic rings. The quantitative estimate of drug-likeness (QED) is 0.620. The Hall–Kier alpha value is -1.97. The van der Waals surface area contributed by atoms with Gasteiger partial charge in [-0.3, -0.25) is 0 Å². The minimum Gasteiger partial charge on any atom is -0.496 e.